The second-order valence-electron chi connectivity index (χ2n) is 6.18. The van der Waals surface area contributed by atoms with Crippen LogP contribution in [-0.4, -0.2) is 40.1 Å². The number of aryl methyl sites for hydroxylation is 2. The number of amides is 2. The van der Waals surface area contributed by atoms with Crippen LogP contribution in [0.3, 0.4) is 0 Å². The quantitative estimate of drug-likeness (QED) is 0.813. The Balaban J connectivity index is 1.63. The van der Waals surface area contributed by atoms with E-state index < -0.39 is 11.9 Å². The summed E-state index contributed by atoms with van der Waals surface area (Å²) < 4.78 is 0. The largest absolute Gasteiger partial charge is 0.481 e. The van der Waals surface area contributed by atoms with Crippen molar-refractivity contribution in [2.24, 2.45) is 5.92 Å². The maximum atomic E-state index is 12.1. The molecule has 122 valence electrons. The normalized spacial score (nSPS) is 17.7. The summed E-state index contributed by atoms with van der Waals surface area (Å²) in [6, 6.07) is 5.89. The number of urea groups is 1. The molecule has 1 aliphatic rings. The minimum Gasteiger partial charge on any atom is -0.481 e. The first kappa shape index (κ1) is 15.4. The van der Waals surface area contributed by atoms with Crippen LogP contribution in [0.4, 0.5) is 4.79 Å². The van der Waals surface area contributed by atoms with E-state index in [4.69, 9.17) is 5.11 Å². The first-order valence-electron chi connectivity index (χ1n) is 7.79. The fourth-order valence-corrected chi connectivity index (χ4v) is 3.05. The van der Waals surface area contributed by atoms with Crippen molar-refractivity contribution in [2.75, 3.05) is 13.1 Å². The minimum atomic E-state index is -0.830. The molecule has 1 fully saturated rings. The van der Waals surface area contributed by atoms with Crippen molar-refractivity contribution in [1.29, 1.82) is 0 Å². The molecule has 2 amide bonds. The number of benzene rings is 1. The zero-order valence-electron chi connectivity index (χ0n) is 13.3. The zero-order chi connectivity index (χ0) is 16.6. The summed E-state index contributed by atoms with van der Waals surface area (Å²) in [6.07, 6.45) is 0.524. The SMILES string of the molecule is Cc1[nH]c2ccc(CNC(=O)N3CCC(C(=O)O)C3)cc2c1C. The van der Waals surface area contributed by atoms with Crippen LogP contribution in [0, 0.1) is 19.8 Å². The smallest absolute Gasteiger partial charge is 0.317 e. The van der Waals surface area contributed by atoms with Gasteiger partial charge in [0.15, 0.2) is 0 Å². The van der Waals surface area contributed by atoms with Crippen LogP contribution in [0.2, 0.25) is 0 Å². The lowest BCUT2D eigenvalue weighted by atomic mass is 10.1. The summed E-state index contributed by atoms with van der Waals surface area (Å²) in [7, 11) is 0. The number of fused-ring (bicyclic) bond motifs is 1. The summed E-state index contributed by atoms with van der Waals surface area (Å²) in [5.74, 6) is -1.27. The Labute approximate surface area is 134 Å². The fraction of sp³-hybridized carbons (Fsp3) is 0.412. The molecule has 0 bridgehead atoms. The standard InChI is InChI=1S/C17H21N3O3/c1-10-11(2)19-15-4-3-12(7-14(10)15)8-18-17(23)20-6-5-13(9-20)16(21)22/h3-4,7,13,19H,5-6,8-9H2,1-2H3,(H,18,23)(H,21,22). The van der Waals surface area contributed by atoms with Crippen LogP contribution in [0.25, 0.3) is 10.9 Å². The number of hydrogen-bond acceptors (Lipinski definition) is 2. The summed E-state index contributed by atoms with van der Waals surface area (Å²) in [6.45, 7) is 5.34. The van der Waals surface area contributed by atoms with E-state index in [1.54, 1.807) is 4.90 Å². The number of likely N-dealkylation sites (tertiary alicyclic amines) is 1. The molecule has 0 saturated carbocycles. The molecule has 1 saturated heterocycles. The highest BCUT2D eigenvalue weighted by Gasteiger charge is 2.30. The second-order valence-corrected chi connectivity index (χ2v) is 6.18. The first-order valence-corrected chi connectivity index (χ1v) is 7.79. The Bertz CT molecular complexity index is 766. The lowest BCUT2D eigenvalue weighted by molar-refractivity contribution is -0.141. The molecule has 1 unspecified atom stereocenters. The average Bonchev–Trinajstić information content (AvgIpc) is 3.12. The number of aromatic nitrogens is 1. The molecule has 0 aliphatic carbocycles. The molecule has 6 heteroatoms. The van der Waals surface area contributed by atoms with Crippen molar-refractivity contribution in [3.8, 4) is 0 Å². The van der Waals surface area contributed by atoms with Crippen LogP contribution in [0.5, 0.6) is 0 Å². The molecule has 6 nitrogen and oxygen atoms in total. The molecule has 0 spiro atoms. The third-order valence-corrected chi connectivity index (χ3v) is 4.64. The van der Waals surface area contributed by atoms with Gasteiger partial charge < -0.3 is 20.3 Å². The summed E-state index contributed by atoms with van der Waals surface area (Å²) in [4.78, 5) is 28.0. The Morgan fingerprint density at radius 3 is 2.87 bits per heavy atom. The molecule has 3 N–H and O–H groups in total. The molecule has 1 aromatic carbocycles. The van der Waals surface area contributed by atoms with E-state index in [1.807, 2.05) is 19.1 Å². The van der Waals surface area contributed by atoms with Gasteiger partial charge in [-0.2, -0.15) is 0 Å². The molecular weight excluding hydrogens is 294 g/mol. The predicted molar refractivity (Wildman–Crippen MR) is 87.3 cm³/mol. The molecule has 3 rings (SSSR count). The van der Waals surface area contributed by atoms with Crippen molar-refractivity contribution < 1.29 is 14.7 Å². The number of carboxylic acids is 1. The number of carbonyl (C=O) groups is 2. The zero-order valence-corrected chi connectivity index (χ0v) is 13.3. The third kappa shape index (κ3) is 3.02. The van der Waals surface area contributed by atoms with Gasteiger partial charge in [0.1, 0.15) is 0 Å². The molecule has 1 atom stereocenters. The molecule has 1 aromatic heterocycles. The highest BCUT2D eigenvalue weighted by molar-refractivity contribution is 5.85. The van der Waals surface area contributed by atoms with Crippen LogP contribution >= 0.6 is 0 Å². The first-order chi connectivity index (χ1) is 11.0. The topological polar surface area (TPSA) is 85.4 Å². The van der Waals surface area contributed by atoms with Gasteiger partial charge in [-0.25, -0.2) is 4.79 Å². The lowest BCUT2D eigenvalue weighted by Crippen LogP contribution is -2.38. The molecule has 1 aliphatic heterocycles. The third-order valence-electron chi connectivity index (χ3n) is 4.64. The van der Waals surface area contributed by atoms with Gasteiger partial charge in [-0.1, -0.05) is 6.07 Å². The summed E-state index contributed by atoms with van der Waals surface area (Å²) in [5.41, 5.74) is 4.50. The highest BCUT2D eigenvalue weighted by Crippen LogP contribution is 2.22. The minimum absolute atomic E-state index is 0.198. The van der Waals surface area contributed by atoms with Gasteiger partial charge in [0.2, 0.25) is 0 Å². The molecule has 2 heterocycles. The Morgan fingerprint density at radius 2 is 2.17 bits per heavy atom. The van der Waals surface area contributed by atoms with E-state index in [-0.39, 0.29) is 12.6 Å². The van der Waals surface area contributed by atoms with Gasteiger partial charge in [0.05, 0.1) is 5.92 Å². The number of aliphatic carboxylic acids is 1. The van der Waals surface area contributed by atoms with Crippen LogP contribution < -0.4 is 5.32 Å². The molecule has 0 radical (unpaired) electrons. The van der Waals surface area contributed by atoms with Gasteiger partial charge in [-0.3, -0.25) is 4.79 Å². The van der Waals surface area contributed by atoms with Crippen LogP contribution in [0.15, 0.2) is 18.2 Å². The number of H-pyrrole nitrogens is 1. The van der Waals surface area contributed by atoms with Crippen molar-refractivity contribution in [3.05, 3.63) is 35.0 Å². The Morgan fingerprint density at radius 1 is 1.39 bits per heavy atom. The highest BCUT2D eigenvalue weighted by atomic mass is 16.4. The number of carbonyl (C=O) groups excluding carboxylic acids is 1. The monoisotopic (exact) mass is 315 g/mol. The number of carboxylic acid groups (broad SMARTS) is 1. The number of nitrogens with one attached hydrogen (secondary N) is 2. The predicted octanol–water partition coefficient (Wildman–Crippen LogP) is 2.40. The Hall–Kier alpha value is -2.50. The Kier molecular flexibility index (Phi) is 3.98. The van der Waals surface area contributed by atoms with Crippen molar-refractivity contribution in [1.82, 2.24) is 15.2 Å². The maximum absolute atomic E-state index is 12.1. The van der Waals surface area contributed by atoms with Crippen molar-refractivity contribution >= 4 is 22.9 Å². The number of nitrogens with zero attached hydrogens (tertiary/aromatic N) is 1. The number of rotatable bonds is 3. The van der Waals surface area contributed by atoms with Gasteiger partial charge >= 0.3 is 12.0 Å². The number of aromatic amines is 1. The summed E-state index contributed by atoms with van der Waals surface area (Å²) in [5, 5.41) is 13.0. The molecule has 2 aromatic rings. The summed E-state index contributed by atoms with van der Waals surface area (Å²) >= 11 is 0. The molecule has 23 heavy (non-hydrogen) atoms. The van der Waals surface area contributed by atoms with Crippen molar-refractivity contribution in [2.45, 2.75) is 26.8 Å². The average molecular weight is 315 g/mol. The van der Waals surface area contributed by atoms with E-state index in [0.29, 0.717) is 19.5 Å². The van der Waals surface area contributed by atoms with Gasteiger partial charge in [0, 0.05) is 36.2 Å². The number of hydrogen-bond donors (Lipinski definition) is 3. The lowest BCUT2D eigenvalue weighted by Gasteiger charge is -2.16. The van der Waals surface area contributed by atoms with Gasteiger partial charge in [-0.05, 0) is 43.5 Å². The van der Waals surface area contributed by atoms with Crippen LogP contribution in [-0.2, 0) is 11.3 Å². The van der Waals surface area contributed by atoms with E-state index in [1.165, 1.54) is 10.9 Å². The molecular formula is C17H21N3O3. The van der Waals surface area contributed by atoms with E-state index in [9.17, 15) is 9.59 Å². The van der Waals surface area contributed by atoms with Gasteiger partial charge in [0.25, 0.3) is 0 Å². The maximum Gasteiger partial charge on any atom is 0.317 e. The van der Waals surface area contributed by atoms with Gasteiger partial charge in [-0.15, -0.1) is 0 Å². The second kappa shape index (κ2) is 5.95. The van der Waals surface area contributed by atoms with E-state index in [2.05, 4.69) is 23.3 Å². The van der Waals surface area contributed by atoms with E-state index in [0.717, 1.165) is 16.8 Å². The van der Waals surface area contributed by atoms with Crippen LogP contribution in [0.1, 0.15) is 23.2 Å². The van der Waals surface area contributed by atoms with Crippen molar-refractivity contribution in [3.63, 3.8) is 0 Å². The fourth-order valence-electron chi connectivity index (χ4n) is 3.05. The van der Waals surface area contributed by atoms with E-state index >= 15 is 0 Å².